The Balaban J connectivity index is 1.82. The molecule has 0 spiro atoms. The predicted octanol–water partition coefficient (Wildman–Crippen LogP) is 6.22. The van der Waals surface area contributed by atoms with Gasteiger partial charge in [0, 0.05) is 5.92 Å². The molecule has 0 aromatic heterocycles. The van der Waals surface area contributed by atoms with Crippen LogP contribution < -0.4 is 9.05 Å². The van der Waals surface area contributed by atoms with Crippen LogP contribution in [-0.4, -0.2) is 5.60 Å². The summed E-state index contributed by atoms with van der Waals surface area (Å²) in [6.45, 7) is 6.20. The van der Waals surface area contributed by atoms with Crippen LogP contribution in [0.25, 0.3) is 0 Å². The van der Waals surface area contributed by atoms with Gasteiger partial charge in [-0.15, -0.1) is 0 Å². The van der Waals surface area contributed by atoms with Crippen molar-refractivity contribution >= 4 is 8.60 Å². The minimum absolute atomic E-state index is 0.224. The molecule has 130 valence electrons. The second kappa shape index (κ2) is 7.86. The van der Waals surface area contributed by atoms with E-state index in [9.17, 15) is 0 Å². The molecule has 1 aliphatic carbocycles. The molecular weight excluding hydrogens is 331 g/mol. The maximum atomic E-state index is 6.34. The maximum absolute atomic E-state index is 6.34. The van der Waals surface area contributed by atoms with Crippen LogP contribution in [0.4, 0.5) is 0 Å². The smallest absolute Gasteiger partial charge is 0.418 e. The van der Waals surface area contributed by atoms with E-state index in [4.69, 9.17) is 13.6 Å². The van der Waals surface area contributed by atoms with Crippen molar-refractivity contribution in [2.24, 2.45) is 5.92 Å². The Bertz CT molecular complexity index is 757. The van der Waals surface area contributed by atoms with Crippen molar-refractivity contribution in [3.63, 3.8) is 0 Å². The molecule has 1 aliphatic rings. The minimum atomic E-state index is -1.61. The van der Waals surface area contributed by atoms with E-state index in [1.807, 2.05) is 73.7 Å². The molecule has 0 aliphatic heterocycles. The van der Waals surface area contributed by atoms with Crippen LogP contribution in [-0.2, 0) is 4.52 Å². The summed E-state index contributed by atoms with van der Waals surface area (Å²) in [6, 6.07) is 17.5. The molecule has 0 saturated carbocycles. The third kappa shape index (κ3) is 4.50. The van der Waals surface area contributed by atoms with E-state index in [0.29, 0.717) is 0 Å². The lowest BCUT2D eigenvalue weighted by Gasteiger charge is -2.34. The lowest BCUT2D eigenvalue weighted by Crippen LogP contribution is -2.33. The molecule has 3 rings (SSSR count). The van der Waals surface area contributed by atoms with Gasteiger partial charge in [0.2, 0.25) is 0 Å². The van der Waals surface area contributed by atoms with Crippen LogP contribution in [0, 0.1) is 12.8 Å². The largest absolute Gasteiger partial charge is 0.463 e. The summed E-state index contributed by atoms with van der Waals surface area (Å²) in [5, 5.41) is 0. The Labute approximate surface area is 150 Å². The van der Waals surface area contributed by atoms with Gasteiger partial charge in [0.15, 0.2) is 0 Å². The number of hydrogen-bond acceptors (Lipinski definition) is 3. The van der Waals surface area contributed by atoms with Gasteiger partial charge in [-0.25, -0.2) is 0 Å². The van der Waals surface area contributed by atoms with Gasteiger partial charge < -0.3 is 9.05 Å². The molecule has 0 N–H and O–H groups in total. The summed E-state index contributed by atoms with van der Waals surface area (Å²) >= 11 is 0. The van der Waals surface area contributed by atoms with Crippen LogP contribution >= 0.6 is 8.60 Å². The van der Waals surface area contributed by atoms with Crippen molar-refractivity contribution in [1.29, 1.82) is 0 Å². The molecule has 0 amide bonds. The second-order valence-electron chi connectivity index (χ2n) is 6.29. The second-order valence-corrected chi connectivity index (χ2v) is 7.29. The first-order valence-corrected chi connectivity index (χ1v) is 9.48. The van der Waals surface area contributed by atoms with Gasteiger partial charge in [0.1, 0.15) is 17.1 Å². The highest BCUT2D eigenvalue weighted by molar-refractivity contribution is 7.42. The van der Waals surface area contributed by atoms with Crippen molar-refractivity contribution in [3.8, 4) is 11.5 Å². The molecule has 0 radical (unpaired) electrons. The van der Waals surface area contributed by atoms with E-state index in [0.717, 1.165) is 17.1 Å². The highest BCUT2D eigenvalue weighted by Crippen LogP contribution is 2.48. The number of benzene rings is 2. The average Bonchev–Trinajstić information content (AvgIpc) is 2.60. The summed E-state index contributed by atoms with van der Waals surface area (Å²) in [7, 11) is -1.61. The van der Waals surface area contributed by atoms with Gasteiger partial charge in [0.25, 0.3) is 0 Å². The standard InChI is InChI=1S/C21H23O3P/c1-17-11-7-8-15-20(17)23-25(22-19-13-5-4-6-14-19)24-21(3)16-10-9-12-18(21)2/h4-16,18H,1-3H3. The van der Waals surface area contributed by atoms with Crippen LogP contribution in [0.2, 0.25) is 0 Å². The van der Waals surface area contributed by atoms with Crippen molar-refractivity contribution in [2.45, 2.75) is 26.4 Å². The van der Waals surface area contributed by atoms with E-state index < -0.39 is 14.2 Å². The maximum Gasteiger partial charge on any atom is 0.463 e. The summed E-state index contributed by atoms with van der Waals surface area (Å²) < 4.78 is 18.5. The Morgan fingerprint density at radius 3 is 2.36 bits per heavy atom. The van der Waals surface area contributed by atoms with Gasteiger partial charge in [-0.05, 0) is 37.6 Å². The number of para-hydroxylation sites is 2. The van der Waals surface area contributed by atoms with Gasteiger partial charge >= 0.3 is 8.60 Å². The molecule has 3 atom stereocenters. The molecule has 0 heterocycles. The zero-order chi connectivity index (χ0) is 17.7. The Morgan fingerprint density at radius 1 is 0.920 bits per heavy atom. The highest BCUT2D eigenvalue weighted by Gasteiger charge is 2.36. The summed E-state index contributed by atoms with van der Waals surface area (Å²) in [5.74, 6) is 1.73. The summed E-state index contributed by atoms with van der Waals surface area (Å²) in [4.78, 5) is 0. The van der Waals surface area contributed by atoms with Crippen molar-refractivity contribution < 1.29 is 13.6 Å². The fourth-order valence-electron chi connectivity index (χ4n) is 2.46. The summed E-state index contributed by atoms with van der Waals surface area (Å²) in [5.41, 5.74) is 0.574. The van der Waals surface area contributed by atoms with E-state index in [1.54, 1.807) is 0 Å². The average molecular weight is 354 g/mol. The van der Waals surface area contributed by atoms with Gasteiger partial charge in [-0.2, -0.15) is 0 Å². The number of allylic oxidation sites excluding steroid dienone is 2. The fraction of sp³-hybridized carbons (Fsp3) is 0.238. The van der Waals surface area contributed by atoms with Gasteiger partial charge in [-0.3, -0.25) is 4.52 Å². The molecule has 0 fully saturated rings. The van der Waals surface area contributed by atoms with E-state index >= 15 is 0 Å². The zero-order valence-corrected chi connectivity index (χ0v) is 15.6. The SMILES string of the molecule is Cc1ccccc1OP(Oc1ccccc1)OC1(C)C=CC=CC1C. The molecule has 25 heavy (non-hydrogen) atoms. The number of rotatable bonds is 6. The Kier molecular flexibility index (Phi) is 5.57. The van der Waals surface area contributed by atoms with Gasteiger partial charge in [0.05, 0.1) is 0 Å². The minimum Gasteiger partial charge on any atom is -0.418 e. The van der Waals surface area contributed by atoms with Crippen LogP contribution in [0.5, 0.6) is 11.5 Å². The van der Waals surface area contributed by atoms with E-state index in [-0.39, 0.29) is 5.92 Å². The topological polar surface area (TPSA) is 27.7 Å². The van der Waals surface area contributed by atoms with Crippen LogP contribution in [0.1, 0.15) is 19.4 Å². The van der Waals surface area contributed by atoms with Crippen LogP contribution in [0.15, 0.2) is 78.9 Å². The first-order chi connectivity index (χ1) is 12.1. The van der Waals surface area contributed by atoms with Crippen molar-refractivity contribution in [2.75, 3.05) is 0 Å². The molecular formula is C21H23O3P. The molecule has 4 heteroatoms. The summed E-state index contributed by atoms with van der Waals surface area (Å²) in [6.07, 6.45) is 8.23. The highest BCUT2D eigenvalue weighted by atomic mass is 31.2. The molecule has 2 aromatic carbocycles. The first kappa shape index (κ1) is 17.7. The van der Waals surface area contributed by atoms with Crippen molar-refractivity contribution in [1.82, 2.24) is 0 Å². The lowest BCUT2D eigenvalue weighted by atomic mass is 9.87. The zero-order valence-electron chi connectivity index (χ0n) is 14.8. The monoisotopic (exact) mass is 354 g/mol. The predicted molar refractivity (Wildman–Crippen MR) is 103 cm³/mol. The fourth-order valence-corrected chi connectivity index (χ4v) is 3.78. The quantitative estimate of drug-likeness (QED) is 0.577. The Hall–Kier alpha value is -2.09. The third-order valence-electron chi connectivity index (χ3n) is 4.30. The van der Waals surface area contributed by atoms with Crippen LogP contribution in [0.3, 0.4) is 0 Å². The molecule has 0 saturated heterocycles. The molecule has 3 nitrogen and oxygen atoms in total. The molecule has 0 bridgehead atoms. The lowest BCUT2D eigenvalue weighted by molar-refractivity contribution is 0.0880. The van der Waals surface area contributed by atoms with E-state index in [1.165, 1.54) is 0 Å². The van der Waals surface area contributed by atoms with E-state index in [2.05, 4.69) is 26.0 Å². The number of aryl methyl sites for hydroxylation is 1. The first-order valence-electron chi connectivity index (χ1n) is 8.39. The Morgan fingerprint density at radius 2 is 1.64 bits per heavy atom. The number of hydrogen-bond donors (Lipinski definition) is 0. The van der Waals surface area contributed by atoms with Gasteiger partial charge in [-0.1, -0.05) is 67.6 Å². The third-order valence-corrected chi connectivity index (χ3v) is 5.55. The molecule has 3 unspecified atom stereocenters. The van der Waals surface area contributed by atoms with Crippen molar-refractivity contribution in [3.05, 3.63) is 84.5 Å². The normalized spacial score (nSPS) is 23.2. The molecule has 2 aromatic rings.